The molecule has 3 rings (SSSR count). The third kappa shape index (κ3) is 1.79. The summed E-state index contributed by atoms with van der Waals surface area (Å²) in [6.07, 6.45) is 4.91. The van der Waals surface area contributed by atoms with Crippen molar-refractivity contribution in [1.82, 2.24) is 14.4 Å². The highest BCUT2D eigenvalue weighted by Gasteiger charge is 2.17. The summed E-state index contributed by atoms with van der Waals surface area (Å²) in [4.78, 5) is 19.3. The summed E-state index contributed by atoms with van der Waals surface area (Å²) in [6.45, 7) is 0. The molecule has 0 saturated heterocycles. The smallest absolute Gasteiger partial charge is 0.356 e. The lowest BCUT2D eigenvalue weighted by atomic mass is 10.2. The lowest BCUT2D eigenvalue weighted by molar-refractivity contribution is 0.0693. The van der Waals surface area contributed by atoms with Gasteiger partial charge in [0.2, 0.25) is 0 Å². The number of rotatable bonds is 2. The standard InChI is InChI=1S/C13H10N4O2/c14-9-1-2-10-11(13(18)19)16-12(17(10)7-9)8-3-5-15-6-4-8/h1-7H,14H2,(H,18,19). The van der Waals surface area contributed by atoms with Crippen LogP contribution in [0.4, 0.5) is 5.69 Å². The van der Waals surface area contributed by atoms with Crippen molar-refractivity contribution in [2.75, 3.05) is 5.73 Å². The lowest BCUT2D eigenvalue weighted by Crippen LogP contribution is -1.97. The molecule has 0 spiro atoms. The van der Waals surface area contributed by atoms with E-state index in [1.54, 1.807) is 47.3 Å². The third-order valence-electron chi connectivity index (χ3n) is 2.80. The summed E-state index contributed by atoms with van der Waals surface area (Å²) in [6, 6.07) is 6.84. The average molecular weight is 254 g/mol. The minimum Gasteiger partial charge on any atom is -0.476 e. The Morgan fingerprint density at radius 1 is 1.21 bits per heavy atom. The first-order valence-electron chi connectivity index (χ1n) is 5.58. The van der Waals surface area contributed by atoms with Crippen LogP contribution in [0, 0.1) is 0 Å². The van der Waals surface area contributed by atoms with Gasteiger partial charge in [-0.3, -0.25) is 9.38 Å². The number of anilines is 1. The van der Waals surface area contributed by atoms with Crippen LogP contribution < -0.4 is 5.73 Å². The first-order chi connectivity index (χ1) is 9.16. The largest absolute Gasteiger partial charge is 0.476 e. The van der Waals surface area contributed by atoms with Crippen molar-refractivity contribution in [3.8, 4) is 11.4 Å². The van der Waals surface area contributed by atoms with E-state index < -0.39 is 5.97 Å². The van der Waals surface area contributed by atoms with Crippen molar-refractivity contribution in [2.24, 2.45) is 0 Å². The highest BCUT2D eigenvalue weighted by Crippen LogP contribution is 2.23. The molecular weight excluding hydrogens is 244 g/mol. The molecule has 94 valence electrons. The van der Waals surface area contributed by atoms with E-state index >= 15 is 0 Å². The summed E-state index contributed by atoms with van der Waals surface area (Å²) < 4.78 is 1.67. The number of pyridine rings is 2. The SMILES string of the molecule is Nc1ccc2c(C(=O)O)nc(-c3ccncc3)n2c1. The minimum absolute atomic E-state index is 0.00631. The molecule has 6 nitrogen and oxygen atoms in total. The van der Waals surface area contributed by atoms with Crippen molar-refractivity contribution < 1.29 is 9.90 Å². The van der Waals surface area contributed by atoms with Gasteiger partial charge in [-0.15, -0.1) is 0 Å². The summed E-state index contributed by atoms with van der Waals surface area (Å²) >= 11 is 0. The van der Waals surface area contributed by atoms with Crippen LogP contribution in [-0.2, 0) is 0 Å². The molecule has 3 aromatic rings. The van der Waals surface area contributed by atoms with Crippen molar-refractivity contribution in [1.29, 1.82) is 0 Å². The monoisotopic (exact) mass is 254 g/mol. The van der Waals surface area contributed by atoms with E-state index in [2.05, 4.69) is 9.97 Å². The zero-order valence-corrected chi connectivity index (χ0v) is 9.82. The van der Waals surface area contributed by atoms with Crippen LogP contribution in [0.3, 0.4) is 0 Å². The topological polar surface area (TPSA) is 93.5 Å². The Balaban J connectivity index is 2.36. The van der Waals surface area contributed by atoms with Crippen molar-refractivity contribution >= 4 is 17.2 Å². The Morgan fingerprint density at radius 2 is 1.95 bits per heavy atom. The molecule has 0 amide bonds. The van der Waals surface area contributed by atoms with E-state index in [4.69, 9.17) is 5.73 Å². The normalized spacial score (nSPS) is 10.7. The summed E-state index contributed by atoms with van der Waals surface area (Å²) in [7, 11) is 0. The highest BCUT2D eigenvalue weighted by atomic mass is 16.4. The molecule has 0 aromatic carbocycles. The van der Waals surface area contributed by atoms with Crippen LogP contribution >= 0.6 is 0 Å². The number of nitrogen functional groups attached to an aromatic ring is 1. The van der Waals surface area contributed by atoms with E-state index in [1.807, 2.05) is 0 Å². The summed E-state index contributed by atoms with van der Waals surface area (Å²) in [5, 5.41) is 9.19. The van der Waals surface area contributed by atoms with Crippen LogP contribution in [0.2, 0.25) is 0 Å². The Labute approximate surface area is 108 Å². The predicted molar refractivity (Wildman–Crippen MR) is 69.8 cm³/mol. The van der Waals surface area contributed by atoms with E-state index in [0.717, 1.165) is 5.56 Å². The maximum absolute atomic E-state index is 11.2. The van der Waals surface area contributed by atoms with Gasteiger partial charge in [0, 0.05) is 29.8 Å². The fourth-order valence-corrected chi connectivity index (χ4v) is 1.96. The first-order valence-corrected chi connectivity index (χ1v) is 5.58. The molecule has 6 heteroatoms. The Bertz CT molecular complexity index is 765. The number of hydrogen-bond acceptors (Lipinski definition) is 4. The van der Waals surface area contributed by atoms with Gasteiger partial charge in [-0.25, -0.2) is 9.78 Å². The fourth-order valence-electron chi connectivity index (χ4n) is 1.96. The number of carboxylic acid groups (broad SMARTS) is 1. The summed E-state index contributed by atoms with van der Waals surface area (Å²) in [5.74, 6) is -0.537. The average Bonchev–Trinajstić information content (AvgIpc) is 2.78. The number of imidazole rings is 1. The number of fused-ring (bicyclic) bond motifs is 1. The number of aromatic carboxylic acids is 1. The Hall–Kier alpha value is -2.89. The molecule has 3 aromatic heterocycles. The number of carboxylic acids is 1. The maximum atomic E-state index is 11.2. The van der Waals surface area contributed by atoms with Gasteiger partial charge in [-0.05, 0) is 24.3 Å². The molecule has 3 heterocycles. The number of carbonyl (C=O) groups is 1. The first kappa shape index (κ1) is 11.2. The number of nitrogens with zero attached hydrogens (tertiary/aromatic N) is 3. The van der Waals surface area contributed by atoms with Crippen LogP contribution in [-0.4, -0.2) is 25.4 Å². The second-order valence-corrected chi connectivity index (χ2v) is 4.04. The minimum atomic E-state index is -1.07. The van der Waals surface area contributed by atoms with Gasteiger partial charge in [0.25, 0.3) is 0 Å². The second-order valence-electron chi connectivity index (χ2n) is 4.04. The highest BCUT2D eigenvalue weighted by molar-refractivity contribution is 5.95. The van der Waals surface area contributed by atoms with E-state index in [0.29, 0.717) is 17.0 Å². The molecule has 0 aliphatic rings. The molecule has 19 heavy (non-hydrogen) atoms. The van der Waals surface area contributed by atoms with E-state index in [1.165, 1.54) is 0 Å². The summed E-state index contributed by atoms with van der Waals surface area (Å²) in [5.41, 5.74) is 7.58. The molecule has 0 aliphatic carbocycles. The van der Waals surface area contributed by atoms with Gasteiger partial charge in [-0.1, -0.05) is 0 Å². The molecule has 0 fully saturated rings. The molecular formula is C13H10N4O2. The van der Waals surface area contributed by atoms with Crippen molar-refractivity contribution in [3.63, 3.8) is 0 Å². The second kappa shape index (κ2) is 4.09. The van der Waals surface area contributed by atoms with Gasteiger partial charge in [0.05, 0.1) is 5.52 Å². The molecule has 0 aliphatic heterocycles. The zero-order valence-electron chi connectivity index (χ0n) is 9.82. The van der Waals surface area contributed by atoms with Gasteiger partial charge in [0.1, 0.15) is 5.82 Å². The van der Waals surface area contributed by atoms with E-state index in [-0.39, 0.29) is 5.69 Å². The number of nitrogens with two attached hydrogens (primary N) is 1. The molecule has 0 radical (unpaired) electrons. The quantitative estimate of drug-likeness (QED) is 0.725. The van der Waals surface area contributed by atoms with Gasteiger partial charge < -0.3 is 10.8 Å². The van der Waals surface area contributed by atoms with E-state index in [9.17, 15) is 9.90 Å². The van der Waals surface area contributed by atoms with Gasteiger partial charge in [-0.2, -0.15) is 0 Å². The molecule has 0 unspecified atom stereocenters. The number of aromatic nitrogens is 3. The van der Waals surface area contributed by atoms with Crippen LogP contribution in [0.25, 0.3) is 16.9 Å². The zero-order chi connectivity index (χ0) is 13.4. The Morgan fingerprint density at radius 3 is 2.63 bits per heavy atom. The Kier molecular flexibility index (Phi) is 2.42. The van der Waals surface area contributed by atoms with Crippen LogP contribution in [0.5, 0.6) is 0 Å². The van der Waals surface area contributed by atoms with Crippen molar-refractivity contribution in [3.05, 3.63) is 48.5 Å². The third-order valence-corrected chi connectivity index (χ3v) is 2.80. The predicted octanol–water partition coefficient (Wildman–Crippen LogP) is 1.68. The fraction of sp³-hybridized carbons (Fsp3) is 0. The molecule has 0 saturated carbocycles. The van der Waals surface area contributed by atoms with Crippen LogP contribution in [0.1, 0.15) is 10.5 Å². The molecule has 0 atom stereocenters. The van der Waals surface area contributed by atoms with Gasteiger partial charge in [0.15, 0.2) is 5.69 Å². The van der Waals surface area contributed by atoms with Crippen molar-refractivity contribution in [2.45, 2.75) is 0 Å². The molecule has 0 bridgehead atoms. The number of hydrogen-bond donors (Lipinski definition) is 2. The van der Waals surface area contributed by atoms with Gasteiger partial charge >= 0.3 is 5.97 Å². The van der Waals surface area contributed by atoms with Crippen LogP contribution in [0.15, 0.2) is 42.9 Å². The lowest BCUT2D eigenvalue weighted by Gasteiger charge is -2.01. The maximum Gasteiger partial charge on any atom is 0.356 e. The molecule has 3 N–H and O–H groups in total.